The van der Waals surface area contributed by atoms with Crippen molar-refractivity contribution in [3.8, 4) is 5.75 Å². The summed E-state index contributed by atoms with van der Waals surface area (Å²) < 4.78 is 36.4. The van der Waals surface area contributed by atoms with Crippen molar-refractivity contribution in [1.82, 2.24) is 0 Å². The van der Waals surface area contributed by atoms with Crippen LogP contribution in [0.1, 0.15) is 5.56 Å². The zero-order chi connectivity index (χ0) is 10.2. The van der Waals surface area contributed by atoms with E-state index >= 15 is 0 Å². The van der Waals surface area contributed by atoms with Gasteiger partial charge in [-0.1, -0.05) is 11.6 Å². The first kappa shape index (κ1) is 9.98. The predicted octanol–water partition coefficient (Wildman–Crippen LogP) is 2.65. The van der Waals surface area contributed by atoms with Gasteiger partial charge in [-0.2, -0.15) is 13.2 Å². The standard InChI is InChI=1S/C7H5ClF3NO/c8-3-1-4(7(9,10)11)6(13)5(12)2-3/h1-2,13H,12H2. The normalized spacial score (nSPS) is 11.7. The largest absolute Gasteiger partial charge is 0.505 e. The van der Waals surface area contributed by atoms with E-state index in [2.05, 4.69) is 0 Å². The number of alkyl halides is 3. The highest BCUT2D eigenvalue weighted by Crippen LogP contribution is 2.40. The minimum absolute atomic E-state index is 0.164. The molecule has 0 amide bonds. The van der Waals surface area contributed by atoms with Gasteiger partial charge in [-0.05, 0) is 12.1 Å². The molecule has 0 saturated carbocycles. The van der Waals surface area contributed by atoms with Gasteiger partial charge in [0.25, 0.3) is 0 Å². The number of benzene rings is 1. The van der Waals surface area contributed by atoms with Gasteiger partial charge >= 0.3 is 6.18 Å². The van der Waals surface area contributed by atoms with Gasteiger partial charge in [-0.3, -0.25) is 0 Å². The molecule has 0 heterocycles. The van der Waals surface area contributed by atoms with Crippen molar-refractivity contribution in [3.63, 3.8) is 0 Å². The molecule has 0 radical (unpaired) electrons. The second kappa shape index (κ2) is 2.99. The Balaban J connectivity index is 3.37. The highest BCUT2D eigenvalue weighted by atomic mass is 35.5. The Kier molecular flexibility index (Phi) is 2.30. The molecule has 0 aliphatic heterocycles. The van der Waals surface area contributed by atoms with Gasteiger partial charge in [0, 0.05) is 5.02 Å². The number of phenolic OH excluding ortho intramolecular Hbond substituents is 1. The fraction of sp³-hybridized carbons (Fsp3) is 0.143. The second-order valence-corrected chi connectivity index (χ2v) is 2.83. The molecule has 0 aliphatic carbocycles. The molecule has 0 spiro atoms. The SMILES string of the molecule is Nc1cc(Cl)cc(C(F)(F)F)c1O. The van der Waals surface area contributed by atoms with E-state index in [1.807, 2.05) is 0 Å². The van der Waals surface area contributed by atoms with Crippen molar-refractivity contribution in [2.45, 2.75) is 6.18 Å². The second-order valence-electron chi connectivity index (χ2n) is 2.39. The first-order chi connectivity index (χ1) is 5.82. The molecule has 0 aliphatic rings. The van der Waals surface area contributed by atoms with Crippen molar-refractivity contribution in [1.29, 1.82) is 0 Å². The van der Waals surface area contributed by atoms with Crippen LogP contribution in [0.2, 0.25) is 5.02 Å². The molecule has 6 heteroatoms. The monoisotopic (exact) mass is 211 g/mol. The van der Waals surface area contributed by atoms with E-state index in [9.17, 15) is 13.2 Å². The molecule has 13 heavy (non-hydrogen) atoms. The van der Waals surface area contributed by atoms with E-state index in [1.54, 1.807) is 0 Å². The van der Waals surface area contributed by atoms with Crippen molar-refractivity contribution in [2.75, 3.05) is 5.73 Å². The van der Waals surface area contributed by atoms with Crippen molar-refractivity contribution in [3.05, 3.63) is 22.7 Å². The lowest BCUT2D eigenvalue weighted by atomic mass is 10.1. The lowest BCUT2D eigenvalue weighted by Gasteiger charge is -2.10. The van der Waals surface area contributed by atoms with Gasteiger partial charge in [0.2, 0.25) is 0 Å². The van der Waals surface area contributed by atoms with Crippen LogP contribution >= 0.6 is 11.6 Å². The topological polar surface area (TPSA) is 46.2 Å². The summed E-state index contributed by atoms with van der Waals surface area (Å²) in [5.74, 6) is -0.989. The maximum atomic E-state index is 12.1. The van der Waals surface area contributed by atoms with Gasteiger partial charge in [-0.15, -0.1) is 0 Å². The quantitative estimate of drug-likeness (QED) is 0.512. The fourth-order valence-corrected chi connectivity index (χ4v) is 1.06. The number of rotatable bonds is 0. The average Bonchev–Trinajstić information content (AvgIpc) is 1.94. The third-order valence-electron chi connectivity index (χ3n) is 1.41. The van der Waals surface area contributed by atoms with E-state index in [0.717, 1.165) is 6.07 Å². The summed E-state index contributed by atoms with van der Waals surface area (Å²) >= 11 is 5.34. The van der Waals surface area contributed by atoms with Crippen LogP contribution < -0.4 is 5.73 Å². The summed E-state index contributed by atoms with van der Waals surface area (Å²) in [6, 6.07) is 1.67. The number of hydrogen-bond donors (Lipinski definition) is 2. The molecule has 1 aromatic rings. The molecular weight excluding hydrogens is 207 g/mol. The number of anilines is 1. The molecule has 1 rings (SSSR count). The Morgan fingerprint density at radius 3 is 2.31 bits per heavy atom. The van der Waals surface area contributed by atoms with Crippen molar-refractivity contribution in [2.24, 2.45) is 0 Å². The number of nitrogen functional groups attached to an aromatic ring is 1. The zero-order valence-corrected chi connectivity index (χ0v) is 6.95. The van der Waals surface area contributed by atoms with E-state index in [0.29, 0.717) is 6.07 Å². The molecule has 0 bridgehead atoms. The smallest absolute Gasteiger partial charge is 0.420 e. The van der Waals surface area contributed by atoms with Gasteiger partial charge in [0.15, 0.2) is 5.75 Å². The first-order valence-electron chi connectivity index (χ1n) is 3.17. The molecule has 0 saturated heterocycles. The van der Waals surface area contributed by atoms with Crippen LogP contribution in [0, 0.1) is 0 Å². The fourth-order valence-electron chi connectivity index (χ4n) is 0.836. The van der Waals surface area contributed by atoms with Gasteiger partial charge in [0.05, 0.1) is 5.69 Å². The van der Waals surface area contributed by atoms with Crippen LogP contribution in [0.5, 0.6) is 5.75 Å². The van der Waals surface area contributed by atoms with Gasteiger partial charge in [0.1, 0.15) is 5.56 Å². The molecule has 2 nitrogen and oxygen atoms in total. The molecule has 0 atom stereocenters. The van der Waals surface area contributed by atoms with E-state index < -0.39 is 17.5 Å². The Bertz CT molecular complexity index is 337. The Labute approximate surface area is 76.7 Å². The van der Waals surface area contributed by atoms with Crippen molar-refractivity contribution < 1.29 is 18.3 Å². The third-order valence-corrected chi connectivity index (χ3v) is 1.63. The van der Waals surface area contributed by atoms with Gasteiger partial charge in [-0.25, -0.2) is 0 Å². The summed E-state index contributed by atoms with van der Waals surface area (Å²) in [5, 5.41) is 8.79. The van der Waals surface area contributed by atoms with Crippen LogP contribution in [0.25, 0.3) is 0 Å². The molecule has 72 valence electrons. The summed E-state index contributed by atoms with van der Waals surface area (Å²) in [5.41, 5.74) is 3.47. The number of halogens is 4. The summed E-state index contributed by atoms with van der Waals surface area (Å²) in [4.78, 5) is 0. The van der Waals surface area contributed by atoms with Gasteiger partial charge < -0.3 is 10.8 Å². The Morgan fingerprint density at radius 2 is 1.85 bits per heavy atom. The van der Waals surface area contributed by atoms with Crippen molar-refractivity contribution >= 4 is 17.3 Å². The molecule has 0 fully saturated rings. The molecule has 1 aromatic carbocycles. The molecule has 0 aromatic heterocycles. The zero-order valence-electron chi connectivity index (χ0n) is 6.19. The average molecular weight is 212 g/mol. The van der Waals surface area contributed by atoms with E-state index in [1.165, 1.54) is 0 Å². The van der Waals surface area contributed by atoms with Crippen LogP contribution in [0.15, 0.2) is 12.1 Å². The number of hydrogen-bond acceptors (Lipinski definition) is 2. The highest BCUT2D eigenvalue weighted by Gasteiger charge is 2.35. The Hall–Kier alpha value is -1.10. The predicted molar refractivity (Wildman–Crippen MR) is 42.5 cm³/mol. The minimum atomic E-state index is -4.65. The van der Waals surface area contributed by atoms with Crippen LogP contribution in [-0.4, -0.2) is 5.11 Å². The molecule has 0 unspecified atom stereocenters. The first-order valence-corrected chi connectivity index (χ1v) is 3.55. The maximum Gasteiger partial charge on any atom is 0.420 e. The number of phenols is 1. The maximum absolute atomic E-state index is 12.1. The lowest BCUT2D eigenvalue weighted by Crippen LogP contribution is -2.06. The third kappa shape index (κ3) is 1.98. The van der Waals surface area contributed by atoms with E-state index in [-0.39, 0.29) is 10.7 Å². The lowest BCUT2D eigenvalue weighted by molar-refractivity contribution is -0.138. The number of nitrogens with two attached hydrogens (primary N) is 1. The van der Waals surface area contributed by atoms with Crippen LogP contribution in [-0.2, 0) is 6.18 Å². The van der Waals surface area contributed by atoms with Crippen LogP contribution in [0.4, 0.5) is 18.9 Å². The summed E-state index contributed by atoms with van der Waals surface area (Å²) in [6.07, 6.45) is -4.65. The Morgan fingerprint density at radius 1 is 1.31 bits per heavy atom. The summed E-state index contributed by atoms with van der Waals surface area (Å²) in [6.45, 7) is 0. The number of aromatic hydroxyl groups is 1. The van der Waals surface area contributed by atoms with E-state index in [4.69, 9.17) is 22.4 Å². The highest BCUT2D eigenvalue weighted by molar-refractivity contribution is 6.31. The summed E-state index contributed by atoms with van der Waals surface area (Å²) in [7, 11) is 0. The molecule has 3 N–H and O–H groups in total. The van der Waals surface area contributed by atoms with Crippen LogP contribution in [0.3, 0.4) is 0 Å². The minimum Gasteiger partial charge on any atom is -0.505 e. The molecular formula is C7H5ClF3NO.